The number of carbonyl (C=O) groups is 2. The molecule has 2 aromatic carbocycles. The number of amides is 1. The van der Waals surface area contributed by atoms with Gasteiger partial charge in [-0.25, -0.2) is 19.7 Å². The monoisotopic (exact) mass is 544 g/mol. The highest BCUT2D eigenvalue weighted by molar-refractivity contribution is 7.99. The number of likely N-dealkylation sites (tertiary alicyclic amines) is 1. The van der Waals surface area contributed by atoms with Gasteiger partial charge in [-0.1, -0.05) is 61.5 Å². The predicted octanol–water partition coefficient (Wildman–Crippen LogP) is 5.98. The molecule has 0 spiro atoms. The number of rotatable bonds is 6. The molecule has 3 aromatic rings. The molecule has 1 saturated heterocycles. The molecular weight excluding hydrogens is 512 g/mol. The van der Waals surface area contributed by atoms with Crippen molar-refractivity contribution in [2.45, 2.75) is 49.3 Å². The number of anilines is 2. The second-order valence-electron chi connectivity index (χ2n) is 10.8. The van der Waals surface area contributed by atoms with E-state index in [0.29, 0.717) is 22.7 Å². The molecule has 9 heteroatoms. The minimum Gasteiger partial charge on any atom is -0.481 e. The van der Waals surface area contributed by atoms with Gasteiger partial charge in [0.05, 0.1) is 11.6 Å². The second-order valence-corrected chi connectivity index (χ2v) is 11.8. The molecule has 8 nitrogen and oxygen atoms in total. The predicted molar refractivity (Wildman–Crippen MR) is 148 cm³/mol. The van der Waals surface area contributed by atoms with Crippen molar-refractivity contribution in [2.75, 3.05) is 18.0 Å². The summed E-state index contributed by atoms with van der Waals surface area (Å²) in [7, 11) is 0. The van der Waals surface area contributed by atoms with Gasteiger partial charge in [-0.15, -0.1) is 0 Å². The summed E-state index contributed by atoms with van der Waals surface area (Å²) in [6.07, 6.45) is 6.09. The number of hydrogen-bond donors (Lipinski definition) is 1. The van der Waals surface area contributed by atoms with E-state index in [9.17, 15) is 14.7 Å². The minimum absolute atomic E-state index is 0.167. The molecule has 6 rings (SSSR count). The number of ether oxygens (including phenoxy) is 1. The number of carbonyl (C=O) groups excluding carboxylic acids is 1. The zero-order valence-corrected chi connectivity index (χ0v) is 22.7. The highest BCUT2D eigenvalue weighted by Crippen LogP contribution is 2.47. The van der Waals surface area contributed by atoms with Crippen molar-refractivity contribution < 1.29 is 19.4 Å². The number of nitrogens with zero attached hydrogens (tertiary/aromatic N) is 4. The van der Waals surface area contributed by atoms with Crippen LogP contribution in [-0.2, 0) is 22.7 Å². The first-order valence-corrected chi connectivity index (χ1v) is 14.4. The lowest BCUT2D eigenvalue weighted by Crippen LogP contribution is -2.51. The van der Waals surface area contributed by atoms with Crippen molar-refractivity contribution >= 4 is 35.3 Å². The number of carboxylic acid groups (broad SMARTS) is 1. The maximum absolute atomic E-state index is 13.5. The van der Waals surface area contributed by atoms with Gasteiger partial charge in [0.15, 0.2) is 5.82 Å². The molecule has 1 saturated carbocycles. The molecule has 2 aliphatic heterocycles. The molecule has 3 unspecified atom stereocenters. The molecule has 1 N–H and O–H groups in total. The number of hydrogen-bond acceptors (Lipinski definition) is 7. The summed E-state index contributed by atoms with van der Waals surface area (Å²) in [4.78, 5) is 39.1. The lowest BCUT2D eigenvalue weighted by atomic mass is 9.64. The van der Waals surface area contributed by atoms with E-state index in [0.717, 1.165) is 54.2 Å². The fraction of sp³-hybridized carbons (Fsp3) is 0.400. The largest absolute Gasteiger partial charge is 0.481 e. The van der Waals surface area contributed by atoms with Crippen LogP contribution in [0.2, 0.25) is 0 Å². The highest BCUT2D eigenvalue weighted by Gasteiger charge is 2.44. The summed E-state index contributed by atoms with van der Waals surface area (Å²) >= 11 is 1.50. The van der Waals surface area contributed by atoms with Crippen molar-refractivity contribution in [1.29, 1.82) is 0 Å². The van der Waals surface area contributed by atoms with Gasteiger partial charge in [0, 0.05) is 36.9 Å². The van der Waals surface area contributed by atoms with Gasteiger partial charge in [0.1, 0.15) is 11.6 Å². The molecule has 202 valence electrons. The van der Waals surface area contributed by atoms with Crippen molar-refractivity contribution in [2.24, 2.45) is 23.7 Å². The van der Waals surface area contributed by atoms with E-state index in [1.54, 1.807) is 12.4 Å². The zero-order chi connectivity index (χ0) is 26.9. The van der Waals surface area contributed by atoms with Crippen LogP contribution in [0, 0.1) is 23.7 Å². The van der Waals surface area contributed by atoms with Gasteiger partial charge in [-0.2, -0.15) is 0 Å². The van der Waals surface area contributed by atoms with E-state index in [2.05, 4.69) is 27.0 Å². The van der Waals surface area contributed by atoms with E-state index in [1.807, 2.05) is 43.3 Å². The van der Waals surface area contributed by atoms with Gasteiger partial charge < -0.3 is 9.84 Å². The summed E-state index contributed by atoms with van der Waals surface area (Å²) < 4.78 is 5.73. The smallest absolute Gasteiger partial charge is 0.420 e. The molecule has 3 heterocycles. The number of benzene rings is 2. The van der Waals surface area contributed by atoms with E-state index < -0.39 is 12.1 Å². The molecule has 3 aliphatic rings. The van der Waals surface area contributed by atoms with Crippen molar-refractivity contribution in [1.82, 2.24) is 14.9 Å². The van der Waals surface area contributed by atoms with Gasteiger partial charge in [0.2, 0.25) is 0 Å². The summed E-state index contributed by atoms with van der Waals surface area (Å²) in [5, 5.41) is 10.3. The Morgan fingerprint density at radius 2 is 1.79 bits per heavy atom. The SMILES string of the molecule is CC(C(=O)O)C1C2CCCC1CN(Cc1ccc3c(c1)N(C(=O)OCc1ccccc1)c1nccnc1S3)C2. The average molecular weight is 545 g/mol. The van der Waals surface area contributed by atoms with Gasteiger partial charge in [-0.05, 0) is 53.9 Å². The first-order valence-electron chi connectivity index (χ1n) is 13.6. The van der Waals surface area contributed by atoms with Crippen LogP contribution in [0.3, 0.4) is 0 Å². The van der Waals surface area contributed by atoms with Gasteiger partial charge in [-0.3, -0.25) is 9.69 Å². The Balaban J connectivity index is 1.23. The summed E-state index contributed by atoms with van der Waals surface area (Å²) in [6, 6.07) is 15.8. The number of piperidine rings is 1. The maximum Gasteiger partial charge on any atom is 0.420 e. The standard InChI is InChI=1S/C30H32N4O4S/c1-19(29(35)36)26-22-8-5-9-23(26)17-33(16-22)15-21-10-11-25-24(14-21)34(27-28(39-25)32-13-12-31-27)30(37)38-18-20-6-3-2-4-7-20/h2-4,6-7,10-14,19,22-23,26H,5,8-9,15-18H2,1H3,(H,35,36). The fourth-order valence-corrected chi connectivity index (χ4v) is 7.54. The lowest BCUT2D eigenvalue weighted by molar-refractivity contribution is -0.147. The van der Waals surface area contributed by atoms with E-state index in [-0.39, 0.29) is 18.4 Å². The topological polar surface area (TPSA) is 95.9 Å². The molecule has 1 amide bonds. The number of carboxylic acids is 1. The first-order chi connectivity index (χ1) is 19.0. The molecule has 2 bridgehead atoms. The molecule has 0 radical (unpaired) electrons. The lowest BCUT2D eigenvalue weighted by Gasteiger charge is -2.49. The van der Waals surface area contributed by atoms with Crippen LogP contribution >= 0.6 is 11.8 Å². The molecule has 3 atom stereocenters. The Morgan fingerprint density at radius 1 is 1.05 bits per heavy atom. The maximum atomic E-state index is 13.5. The van der Waals surface area contributed by atoms with Gasteiger partial charge in [0.25, 0.3) is 0 Å². The molecular formula is C30H32N4O4S. The van der Waals surface area contributed by atoms with Crippen LogP contribution in [0.1, 0.15) is 37.3 Å². The molecule has 1 aliphatic carbocycles. The molecule has 39 heavy (non-hydrogen) atoms. The van der Waals surface area contributed by atoms with Crippen LogP contribution in [-0.4, -0.2) is 45.1 Å². The highest BCUT2D eigenvalue weighted by atomic mass is 32.2. The summed E-state index contributed by atoms with van der Waals surface area (Å²) in [5.74, 6) is 0.549. The Morgan fingerprint density at radius 3 is 2.54 bits per heavy atom. The zero-order valence-electron chi connectivity index (χ0n) is 21.9. The van der Waals surface area contributed by atoms with Crippen molar-refractivity contribution in [3.05, 3.63) is 72.1 Å². The average Bonchev–Trinajstić information content (AvgIpc) is 2.94. The third kappa shape index (κ3) is 5.25. The van der Waals surface area contributed by atoms with Crippen LogP contribution in [0.15, 0.2) is 70.8 Å². The minimum atomic E-state index is -0.680. The van der Waals surface area contributed by atoms with E-state index in [1.165, 1.54) is 23.1 Å². The van der Waals surface area contributed by atoms with Gasteiger partial charge >= 0.3 is 12.1 Å². The number of fused-ring (bicyclic) bond motifs is 4. The van der Waals surface area contributed by atoms with E-state index >= 15 is 0 Å². The third-order valence-corrected chi connectivity index (χ3v) is 9.36. The summed E-state index contributed by atoms with van der Waals surface area (Å²) in [6.45, 7) is 4.60. The first kappa shape index (κ1) is 25.8. The Hall–Kier alpha value is -3.43. The Labute approximate surface area is 232 Å². The number of aliphatic carboxylic acids is 1. The van der Waals surface area contributed by atoms with Crippen molar-refractivity contribution in [3.8, 4) is 0 Å². The normalized spacial score (nSPS) is 22.9. The van der Waals surface area contributed by atoms with Crippen LogP contribution < -0.4 is 4.90 Å². The van der Waals surface area contributed by atoms with Crippen LogP contribution in [0.5, 0.6) is 0 Å². The Kier molecular flexibility index (Phi) is 7.27. The van der Waals surface area contributed by atoms with Crippen molar-refractivity contribution in [3.63, 3.8) is 0 Å². The fourth-order valence-electron chi connectivity index (χ4n) is 6.60. The summed E-state index contributed by atoms with van der Waals surface area (Å²) in [5.41, 5.74) is 2.76. The Bertz CT molecular complexity index is 1360. The molecule has 1 aromatic heterocycles. The number of aromatic nitrogens is 2. The quantitative estimate of drug-likeness (QED) is 0.405. The molecule has 2 fully saturated rings. The van der Waals surface area contributed by atoms with Crippen LogP contribution in [0.4, 0.5) is 16.3 Å². The third-order valence-electron chi connectivity index (χ3n) is 8.31. The van der Waals surface area contributed by atoms with E-state index in [4.69, 9.17) is 4.74 Å². The second kappa shape index (κ2) is 11.0. The van der Waals surface area contributed by atoms with Crippen LogP contribution in [0.25, 0.3) is 0 Å².